The quantitative estimate of drug-likeness (QED) is 0.643. The number of carbonyl (C=O) groups is 2. The van der Waals surface area contributed by atoms with Crippen molar-refractivity contribution in [3.63, 3.8) is 0 Å². The third-order valence-corrected chi connectivity index (χ3v) is 4.84. The van der Waals surface area contributed by atoms with Gasteiger partial charge < -0.3 is 10.6 Å². The second-order valence-corrected chi connectivity index (χ2v) is 6.90. The van der Waals surface area contributed by atoms with Crippen LogP contribution in [0.15, 0.2) is 36.4 Å². The first-order chi connectivity index (χ1) is 13.9. The monoisotopic (exact) mass is 394 g/mol. The highest BCUT2D eigenvalue weighted by Gasteiger charge is 2.16. The topological polar surface area (TPSA) is 93.8 Å². The first-order valence-electron chi connectivity index (χ1n) is 9.58. The van der Waals surface area contributed by atoms with E-state index >= 15 is 0 Å². The lowest BCUT2D eigenvalue weighted by Crippen LogP contribution is -2.24. The Labute approximate surface area is 169 Å². The fourth-order valence-corrected chi connectivity index (χ4v) is 3.22. The van der Waals surface area contributed by atoms with Crippen LogP contribution in [-0.2, 0) is 31.4 Å². The highest BCUT2D eigenvalue weighted by atomic mass is 16.2. The van der Waals surface area contributed by atoms with Crippen molar-refractivity contribution >= 4 is 17.6 Å². The van der Waals surface area contributed by atoms with Crippen molar-refractivity contribution in [2.24, 2.45) is 7.05 Å². The summed E-state index contributed by atoms with van der Waals surface area (Å²) in [4.78, 5) is 24.8. The fraction of sp³-hybridized carbons (Fsp3) is 0.333. The summed E-state index contributed by atoms with van der Waals surface area (Å²) in [7, 11) is 1.69. The van der Waals surface area contributed by atoms with E-state index in [1.54, 1.807) is 13.1 Å². The molecule has 2 amide bonds. The number of hydrogen-bond donors (Lipinski definition) is 2. The van der Waals surface area contributed by atoms with Crippen LogP contribution >= 0.6 is 0 Å². The molecule has 2 heterocycles. The molecule has 0 saturated carbocycles. The van der Waals surface area contributed by atoms with Gasteiger partial charge in [0.05, 0.1) is 12.1 Å². The SMILES string of the molecule is CCn1nc(C)c(CNC(=O)c2cc(NC(=O)Cc3ccccc3)n(C)n2)c1C. The van der Waals surface area contributed by atoms with Crippen molar-refractivity contribution in [1.29, 1.82) is 0 Å². The molecule has 8 heteroatoms. The van der Waals surface area contributed by atoms with E-state index in [2.05, 4.69) is 20.8 Å². The van der Waals surface area contributed by atoms with Crippen LogP contribution in [0.4, 0.5) is 5.82 Å². The summed E-state index contributed by atoms with van der Waals surface area (Å²) in [5.41, 5.74) is 4.12. The van der Waals surface area contributed by atoms with E-state index < -0.39 is 0 Å². The molecule has 0 spiro atoms. The minimum atomic E-state index is -0.299. The zero-order valence-corrected chi connectivity index (χ0v) is 17.2. The van der Waals surface area contributed by atoms with Crippen molar-refractivity contribution in [2.75, 3.05) is 5.32 Å². The Kier molecular flexibility index (Phi) is 6.11. The number of nitrogens with zero attached hydrogens (tertiary/aromatic N) is 4. The second-order valence-electron chi connectivity index (χ2n) is 6.90. The summed E-state index contributed by atoms with van der Waals surface area (Å²) in [6.07, 6.45) is 0.257. The van der Waals surface area contributed by atoms with Crippen LogP contribution in [0.3, 0.4) is 0 Å². The van der Waals surface area contributed by atoms with Crippen LogP contribution in [-0.4, -0.2) is 31.4 Å². The zero-order chi connectivity index (χ0) is 21.0. The third-order valence-electron chi connectivity index (χ3n) is 4.84. The normalized spacial score (nSPS) is 10.8. The Morgan fingerprint density at radius 1 is 1.10 bits per heavy atom. The van der Waals surface area contributed by atoms with E-state index in [9.17, 15) is 9.59 Å². The van der Waals surface area contributed by atoms with E-state index in [0.717, 1.165) is 29.1 Å². The fourth-order valence-electron chi connectivity index (χ4n) is 3.22. The summed E-state index contributed by atoms with van der Waals surface area (Å²) < 4.78 is 3.40. The van der Waals surface area contributed by atoms with E-state index in [1.807, 2.05) is 55.8 Å². The molecular weight excluding hydrogens is 368 g/mol. The van der Waals surface area contributed by atoms with Crippen LogP contribution in [0.2, 0.25) is 0 Å². The van der Waals surface area contributed by atoms with Gasteiger partial charge in [-0.15, -0.1) is 0 Å². The first kappa shape index (κ1) is 20.3. The van der Waals surface area contributed by atoms with E-state index in [1.165, 1.54) is 4.68 Å². The molecule has 3 aromatic rings. The van der Waals surface area contributed by atoms with E-state index in [4.69, 9.17) is 0 Å². The Hall–Kier alpha value is -3.42. The average Bonchev–Trinajstić information content (AvgIpc) is 3.19. The molecule has 2 aromatic heterocycles. The lowest BCUT2D eigenvalue weighted by molar-refractivity contribution is -0.115. The van der Waals surface area contributed by atoms with Gasteiger partial charge in [-0.05, 0) is 26.3 Å². The molecular formula is C21H26N6O2. The molecule has 0 fully saturated rings. The minimum absolute atomic E-state index is 0.163. The molecule has 0 aliphatic rings. The lowest BCUT2D eigenvalue weighted by atomic mass is 10.1. The van der Waals surface area contributed by atoms with Gasteiger partial charge >= 0.3 is 0 Å². The Morgan fingerprint density at radius 2 is 1.83 bits per heavy atom. The number of aromatic nitrogens is 4. The van der Waals surface area contributed by atoms with Gasteiger partial charge in [-0.1, -0.05) is 30.3 Å². The predicted octanol–water partition coefficient (Wildman–Crippen LogP) is 2.36. The smallest absolute Gasteiger partial charge is 0.272 e. The molecule has 0 aliphatic heterocycles. The average molecular weight is 394 g/mol. The molecule has 0 bridgehead atoms. The van der Waals surface area contributed by atoms with Gasteiger partial charge in [-0.3, -0.25) is 19.0 Å². The molecule has 0 saturated heterocycles. The van der Waals surface area contributed by atoms with Crippen LogP contribution in [0, 0.1) is 13.8 Å². The number of carbonyl (C=O) groups excluding carboxylic acids is 2. The molecule has 29 heavy (non-hydrogen) atoms. The molecule has 0 unspecified atom stereocenters. The van der Waals surface area contributed by atoms with Crippen molar-refractivity contribution in [2.45, 2.75) is 40.3 Å². The summed E-state index contributed by atoms with van der Waals surface area (Å²) >= 11 is 0. The molecule has 152 valence electrons. The van der Waals surface area contributed by atoms with E-state index in [-0.39, 0.29) is 23.9 Å². The van der Waals surface area contributed by atoms with Crippen molar-refractivity contribution < 1.29 is 9.59 Å². The number of nitrogens with one attached hydrogen (secondary N) is 2. The number of aryl methyl sites for hydroxylation is 3. The molecule has 0 radical (unpaired) electrons. The lowest BCUT2D eigenvalue weighted by Gasteiger charge is -2.05. The second kappa shape index (κ2) is 8.72. The predicted molar refractivity (Wildman–Crippen MR) is 111 cm³/mol. The van der Waals surface area contributed by atoms with Gasteiger partial charge in [-0.25, -0.2) is 0 Å². The summed E-state index contributed by atoms with van der Waals surface area (Å²) in [6.45, 7) is 7.12. The number of rotatable bonds is 7. The summed E-state index contributed by atoms with van der Waals surface area (Å²) in [6, 6.07) is 11.1. The number of benzene rings is 1. The van der Waals surface area contributed by atoms with Crippen molar-refractivity contribution in [1.82, 2.24) is 24.9 Å². The van der Waals surface area contributed by atoms with Gasteiger partial charge in [0.2, 0.25) is 5.91 Å². The first-order valence-corrected chi connectivity index (χ1v) is 9.58. The Balaban J connectivity index is 1.62. The largest absolute Gasteiger partial charge is 0.346 e. The molecule has 0 atom stereocenters. The van der Waals surface area contributed by atoms with E-state index in [0.29, 0.717) is 12.4 Å². The maximum atomic E-state index is 12.5. The maximum Gasteiger partial charge on any atom is 0.272 e. The van der Waals surface area contributed by atoms with Gasteiger partial charge in [-0.2, -0.15) is 10.2 Å². The Bertz CT molecular complexity index is 1020. The summed E-state index contributed by atoms with van der Waals surface area (Å²) in [5.74, 6) is 0.0128. The van der Waals surface area contributed by atoms with Crippen molar-refractivity contribution in [3.8, 4) is 0 Å². The minimum Gasteiger partial charge on any atom is -0.346 e. The third kappa shape index (κ3) is 4.71. The van der Waals surface area contributed by atoms with Crippen LogP contribution in [0.5, 0.6) is 0 Å². The van der Waals surface area contributed by atoms with Gasteiger partial charge in [0.1, 0.15) is 5.82 Å². The van der Waals surface area contributed by atoms with Crippen LogP contribution < -0.4 is 10.6 Å². The standard InChI is InChI=1S/C21H26N6O2/c1-5-27-15(3)17(14(2)24-27)13-22-21(29)18-12-19(26(4)25-18)23-20(28)11-16-9-7-6-8-10-16/h6-10,12H,5,11,13H2,1-4H3,(H,22,29)(H,23,28). The van der Waals surface area contributed by atoms with Gasteiger partial charge in [0.15, 0.2) is 5.69 Å². The van der Waals surface area contributed by atoms with Gasteiger partial charge in [0.25, 0.3) is 5.91 Å². The number of amides is 2. The molecule has 2 N–H and O–H groups in total. The maximum absolute atomic E-state index is 12.5. The molecule has 0 aliphatic carbocycles. The van der Waals surface area contributed by atoms with Crippen LogP contribution in [0.1, 0.15) is 39.9 Å². The van der Waals surface area contributed by atoms with Crippen molar-refractivity contribution in [3.05, 3.63) is 64.6 Å². The van der Waals surface area contributed by atoms with Crippen LogP contribution in [0.25, 0.3) is 0 Å². The molecule has 8 nitrogen and oxygen atoms in total. The number of hydrogen-bond acceptors (Lipinski definition) is 4. The number of anilines is 1. The highest BCUT2D eigenvalue weighted by molar-refractivity contribution is 5.95. The highest BCUT2D eigenvalue weighted by Crippen LogP contribution is 2.14. The zero-order valence-electron chi connectivity index (χ0n) is 17.2. The Morgan fingerprint density at radius 3 is 2.48 bits per heavy atom. The molecule has 1 aromatic carbocycles. The summed E-state index contributed by atoms with van der Waals surface area (Å²) in [5, 5.41) is 14.4. The molecule has 3 rings (SSSR count). The van der Waals surface area contributed by atoms with Gasteiger partial charge in [0, 0.05) is 37.5 Å².